The van der Waals surface area contributed by atoms with Crippen LogP contribution in [0, 0.1) is 0 Å². The summed E-state index contributed by atoms with van der Waals surface area (Å²) in [6.07, 6.45) is -4.30. The van der Waals surface area contributed by atoms with Gasteiger partial charge in [-0.3, -0.25) is 9.59 Å². The van der Waals surface area contributed by atoms with Crippen LogP contribution in [0.25, 0.3) is 0 Å². The first-order valence-corrected chi connectivity index (χ1v) is 9.64. The van der Waals surface area contributed by atoms with Gasteiger partial charge in [-0.15, -0.1) is 0 Å². The quantitative estimate of drug-likeness (QED) is 0.504. The number of ether oxygens (including phenoxy) is 1. The number of hydrogen-bond acceptors (Lipinski definition) is 3. The summed E-state index contributed by atoms with van der Waals surface area (Å²) in [6.45, 7) is 0.418. The van der Waals surface area contributed by atoms with Gasteiger partial charge in [0.2, 0.25) is 5.91 Å². The minimum absolute atomic E-state index is 0.00106. The van der Waals surface area contributed by atoms with E-state index in [4.69, 9.17) is 16.3 Å². The van der Waals surface area contributed by atoms with E-state index in [9.17, 15) is 22.8 Å². The Morgan fingerprint density at radius 2 is 1.90 bits per heavy atom. The first-order valence-electron chi connectivity index (χ1n) is 8.47. The first kappa shape index (κ1) is 23.0. The number of carbonyl (C=O) groups is 2. The molecule has 0 aliphatic heterocycles. The molecule has 10 heteroatoms. The van der Waals surface area contributed by atoms with Gasteiger partial charge in [-0.25, -0.2) is 0 Å². The lowest BCUT2D eigenvalue weighted by Gasteiger charge is -2.10. The molecule has 0 radical (unpaired) electrons. The van der Waals surface area contributed by atoms with Crippen molar-refractivity contribution in [1.82, 2.24) is 5.32 Å². The van der Waals surface area contributed by atoms with E-state index in [1.54, 1.807) is 29.6 Å². The number of anilines is 1. The lowest BCUT2D eigenvalue weighted by molar-refractivity contribution is -0.167. The Hall–Kier alpha value is -2.26. The van der Waals surface area contributed by atoms with Crippen molar-refractivity contribution in [2.24, 2.45) is 0 Å². The van der Waals surface area contributed by atoms with Crippen LogP contribution in [-0.2, 0) is 16.1 Å². The molecule has 2 aromatic rings. The van der Waals surface area contributed by atoms with Crippen molar-refractivity contribution >= 4 is 45.0 Å². The minimum atomic E-state index is -4.97. The average molecular weight is 494 g/mol. The predicted octanol–water partition coefficient (Wildman–Crippen LogP) is 5.08. The van der Waals surface area contributed by atoms with E-state index in [0.29, 0.717) is 29.4 Å². The minimum Gasteiger partial charge on any atom is -0.492 e. The zero-order valence-electron chi connectivity index (χ0n) is 15.0. The highest BCUT2D eigenvalue weighted by Gasteiger charge is 2.38. The van der Waals surface area contributed by atoms with Gasteiger partial charge < -0.3 is 15.4 Å². The van der Waals surface area contributed by atoms with Crippen molar-refractivity contribution in [2.45, 2.75) is 25.6 Å². The Morgan fingerprint density at radius 1 is 1.14 bits per heavy atom. The fourth-order valence-electron chi connectivity index (χ4n) is 2.26. The second kappa shape index (κ2) is 10.5. The molecule has 156 valence electrons. The highest BCUT2D eigenvalue weighted by Crippen LogP contribution is 2.27. The van der Waals surface area contributed by atoms with E-state index in [1.165, 1.54) is 18.2 Å². The standard InChI is InChI=1S/C19H17BrClF3N2O3/c20-13-6-7-16(15(21)10-13)29-8-2-5-17(27)25-11-12-3-1-4-14(9-12)26-18(28)19(22,23)24/h1,3-4,6-7,9-10H,2,5,8,11H2,(H,25,27)(H,26,28). The van der Waals surface area contributed by atoms with E-state index >= 15 is 0 Å². The molecular weight excluding hydrogens is 477 g/mol. The van der Waals surface area contributed by atoms with Gasteiger partial charge >= 0.3 is 12.1 Å². The van der Waals surface area contributed by atoms with E-state index in [-0.39, 0.29) is 24.6 Å². The second-order valence-corrected chi connectivity index (χ2v) is 7.28. The summed E-state index contributed by atoms with van der Waals surface area (Å²) in [5, 5.41) is 4.89. The van der Waals surface area contributed by atoms with Crippen LogP contribution in [0.4, 0.5) is 18.9 Å². The van der Waals surface area contributed by atoms with Crippen LogP contribution in [-0.4, -0.2) is 24.6 Å². The maximum atomic E-state index is 12.3. The van der Waals surface area contributed by atoms with Gasteiger partial charge in [-0.2, -0.15) is 13.2 Å². The number of alkyl halides is 3. The molecule has 0 unspecified atom stereocenters. The summed E-state index contributed by atoms with van der Waals surface area (Å²) in [5.41, 5.74) is 0.551. The second-order valence-electron chi connectivity index (χ2n) is 5.96. The van der Waals surface area contributed by atoms with Crippen LogP contribution in [0.1, 0.15) is 18.4 Å². The molecule has 0 bridgehead atoms. The van der Waals surface area contributed by atoms with E-state index in [1.807, 2.05) is 0 Å². The van der Waals surface area contributed by atoms with Crippen molar-refractivity contribution in [3.05, 3.63) is 57.5 Å². The molecule has 2 rings (SSSR count). The third-order valence-electron chi connectivity index (χ3n) is 3.63. The monoisotopic (exact) mass is 492 g/mol. The zero-order chi connectivity index (χ0) is 21.4. The number of halogens is 5. The van der Waals surface area contributed by atoms with Crippen LogP contribution in [0.15, 0.2) is 46.9 Å². The highest BCUT2D eigenvalue weighted by molar-refractivity contribution is 9.10. The van der Waals surface area contributed by atoms with Gasteiger partial charge in [-0.05, 0) is 42.3 Å². The largest absolute Gasteiger partial charge is 0.492 e. The maximum Gasteiger partial charge on any atom is 0.471 e. The lowest BCUT2D eigenvalue weighted by atomic mass is 10.2. The molecule has 0 spiro atoms. The topological polar surface area (TPSA) is 67.4 Å². The van der Waals surface area contributed by atoms with Gasteiger partial charge in [0.1, 0.15) is 5.75 Å². The Bertz CT molecular complexity index is 878. The zero-order valence-corrected chi connectivity index (χ0v) is 17.3. The fraction of sp³-hybridized carbons (Fsp3) is 0.263. The summed E-state index contributed by atoms with van der Waals surface area (Å²) in [4.78, 5) is 22.9. The lowest BCUT2D eigenvalue weighted by Crippen LogP contribution is -2.30. The maximum absolute atomic E-state index is 12.3. The molecule has 0 atom stereocenters. The number of nitrogens with one attached hydrogen (secondary N) is 2. The third-order valence-corrected chi connectivity index (χ3v) is 4.42. The van der Waals surface area contributed by atoms with Crippen molar-refractivity contribution in [3.8, 4) is 5.75 Å². The van der Waals surface area contributed by atoms with Crippen molar-refractivity contribution in [3.63, 3.8) is 0 Å². The SMILES string of the molecule is O=C(CCCOc1ccc(Br)cc1Cl)NCc1cccc(NC(=O)C(F)(F)F)c1. The smallest absolute Gasteiger partial charge is 0.471 e. The fourth-order valence-corrected chi connectivity index (χ4v) is 2.99. The van der Waals surface area contributed by atoms with Gasteiger partial charge in [-0.1, -0.05) is 39.7 Å². The molecule has 2 aromatic carbocycles. The average Bonchev–Trinajstić information content (AvgIpc) is 2.64. The van der Waals surface area contributed by atoms with Gasteiger partial charge in [0, 0.05) is 23.1 Å². The molecular formula is C19H17BrClF3N2O3. The van der Waals surface area contributed by atoms with Crippen molar-refractivity contribution < 1.29 is 27.5 Å². The van der Waals surface area contributed by atoms with Gasteiger partial charge in [0.05, 0.1) is 11.6 Å². The van der Waals surface area contributed by atoms with Gasteiger partial charge in [0.25, 0.3) is 0 Å². The van der Waals surface area contributed by atoms with E-state index < -0.39 is 12.1 Å². The highest BCUT2D eigenvalue weighted by atomic mass is 79.9. The molecule has 2 amide bonds. The van der Waals surface area contributed by atoms with Crippen LogP contribution in [0.3, 0.4) is 0 Å². The molecule has 2 N–H and O–H groups in total. The first-order chi connectivity index (χ1) is 13.6. The summed E-state index contributed by atoms with van der Waals surface area (Å²) < 4.78 is 43.2. The third kappa shape index (κ3) is 7.94. The molecule has 0 saturated carbocycles. The molecule has 0 aliphatic rings. The van der Waals surface area contributed by atoms with Gasteiger partial charge in [0.15, 0.2) is 0 Å². The number of rotatable bonds is 8. The normalized spacial score (nSPS) is 11.1. The number of benzene rings is 2. The van der Waals surface area contributed by atoms with Crippen molar-refractivity contribution in [2.75, 3.05) is 11.9 Å². The van der Waals surface area contributed by atoms with E-state index in [2.05, 4.69) is 21.2 Å². The van der Waals surface area contributed by atoms with Crippen molar-refractivity contribution in [1.29, 1.82) is 0 Å². The summed E-state index contributed by atoms with van der Waals surface area (Å²) in [5.74, 6) is -1.77. The molecule has 0 aromatic heterocycles. The Kier molecular flexibility index (Phi) is 8.33. The molecule has 0 saturated heterocycles. The summed E-state index contributed by atoms with van der Waals surface area (Å²) in [7, 11) is 0. The van der Waals surface area contributed by atoms with Crippen LogP contribution in [0.2, 0.25) is 5.02 Å². The molecule has 5 nitrogen and oxygen atoms in total. The predicted molar refractivity (Wildman–Crippen MR) is 107 cm³/mol. The molecule has 29 heavy (non-hydrogen) atoms. The summed E-state index contributed by atoms with van der Waals surface area (Å²) in [6, 6.07) is 11.0. The van der Waals surface area contributed by atoms with Crippen LogP contribution < -0.4 is 15.4 Å². The Labute approximate surface area is 178 Å². The van der Waals surface area contributed by atoms with Crippen LogP contribution in [0.5, 0.6) is 5.75 Å². The van der Waals surface area contributed by atoms with Crippen LogP contribution >= 0.6 is 27.5 Å². The number of amides is 2. The van der Waals surface area contributed by atoms with E-state index in [0.717, 1.165) is 4.47 Å². The summed E-state index contributed by atoms with van der Waals surface area (Å²) >= 11 is 9.33. The Balaban J connectivity index is 1.73. The molecule has 0 aliphatic carbocycles. The number of carbonyl (C=O) groups excluding carboxylic acids is 2. The molecule has 0 heterocycles. The Morgan fingerprint density at radius 3 is 2.59 bits per heavy atom. The number of hydrogen-bond donors (Lipinski definition) is 2. The molecule has 0 fully saturated rings.